The summed E-state index contributed by atoms with van der Waals surface area (Å²) in [6, 6.07) is 16.5. The Balaban J connectivity index is 0.00000338. The Bertz CT molecular complexity index is 606. The van der Waals surface area contributed by atoms with E-state index in [1.165, 1.54) is 49.7 Å². The number of hydrogen-bond acceptors (Lipinski definition) is 2. The maximum Gasteiger partial charge on any atom is 0.124 e. The van der Waals surface area contributed by atoms with Crippen molar-refractivity contribution in [2.45, 2.75) is 58.6 Å². The van der Waals surface area contributed by atoms with Crippen LogP contribution >= 0.6 is 28.3 Å². The van der Waals surface area contributed by atoms with E-state index in [9.17, 15) is 0 Å². The molecule has 2 nitrogen and oxygen atoms in total. The van der Waals surface area contributed by atoms with Crippen molar-refractivity contribution in [2.75, 3.05) is 6.54 Å². The van der Waals surface area contributed by atoms with Crippen LogP contribution in [0.5, 0.6) is 5.75 Å². The summed E-state index contributed by atoms with van der Waals surface area (Å²) in [5, 5.41) is 3.56. The van der Waals surface area contributed by atoms with Gasteiger partial charge in [0.25, 0.3) is 0 Å². The fraction of sp³-hybridized carbons (Fsp3) is 0.455. The average Bonchev–Trinajstić information content (AvgIpc) is 2.64. The zero-order valence-electron chi connectivity index (χ0n) is 15.7. The van der Waals surface area contributed by atoms with Gasteiger partial charge in [-0.1, -0.05) is 85.3 Å². The number of halogens is 2. The summed E-state index contributed by atoms with van der Waals surface area (Å²) < 4.78 is 7.13. The Hall–Kier alpha value is -1.03. The molecule has 0 aliphatic carbocycles. The number of nitrogens with one attached hydrogen (secondary N) is 1. The minimum Gasteiger partial charge on any atom is -0.489 e. The Kier molecular flexibility index (Phi) is 12.5. The molecule has 0 bridgehead atoms. The lowest BCUT2D eigenvalue weighted by molar-refractivity contribution is 0.302. The quantitative estimate of drug-likeness (QED) is 0.362. The van der Waals surface area contributed by atoms with Crippen LogP contribution in [0, 0.1) is 0 Å². The summed E-state index contributed by atoms with van der Waals surface area (Å²) in [6.07, 6.45) is 7.98. The van der Waals surface area contributed by atoms with E-state index < -0.39 is 0 Å². The van der Waals surface area contributed by atoms with Crippen LogP contribution in [0.25, 0.3) is 0 Å². The molecular formula is C22H31BrClNO. The minimum atomic E-state index is 0. The van der Waals surface area contributed by atoms with Crippen molar-refractivity contribution in [1.82, 2.24) is 5.32 Å². The lowest BCUT2D eigenvalue weighted by Gasteiger charge is -2.13. The highest BCUT2D eigenvalue weighted by Gasteiger charge is 2.05. The molecule has 1 N–H and O–H groups in total. The fourth-order valence-electron chi connectivity index (χ4n) is 2.82. The van der Waals surface area contributed by atoms with Gasteiger partial charge in [-0.25, -0.2) is 0 Å². The normalized spacial score (nSPS) is 10.4. The van der Waals surface area contributed by atoms with E-state index in [1.807, 2.05) is 24.3 Å². The Morgan fingerprint density at radius 1 is 0.923 bits per heavy atom. The predicted molar refractivity (Wildman–Crippen MR) is 117 cm³/mol. The van der Waals surface area contributed by atoms with Crippen LogP contribution in [-0.2, 0) is 13.2 Å². The van der Waals surface area contributed by atoms with E-state index in [4.69, 9.17) is 4.74 Å². The standard InChI is InChI=1S/C22H30BrNO.ClH/c1-2-3-4-5-6-10-15-24-17-20-16-21(23)13-14-22(20)25-18-19-11-8-7-9-12-19;/h7-9,11-14,16,24H,2-6,10,15,17-18H2,1H3;1H. The molecule has 0 saturated carbocycles. The van der Waals surface area contributed by atoms with E-state index in [2.05, 4.69) is 52.4 Å². The van der Waals surface area contributed by atoms with Crippen LogP contribution in [-0.4, -0.2) is 6.54 Å². The molecule has 2 rings (SSSR count). The predicted octanol–water partition coefficient (Wildman–Crippen LogP) is 6.90. The van der Waals surface area contributed by atoms with Gasteiger partial charge >= 0.3 is 0 Å². The van der Waals surface area contributed by atoms with Gasteiger partial charge in [0.2, 0.25) is 0 Å². The van der Waals surface area contributed by atoms with Crippen molar-refractivity contribution in [3.63, 3.8) is 0 Å². The first-order chi connectivity index (χ1) is 12.3. The summed E-state index contributed by atoms with van der Waals surface area (Å²) in [5.74, 6) is 0.961. The van der Waals surface area contributed by atoms with Crippen molar-refractivity contribution in [3.8, 4) is 5.75 Å². The lowest BCUT2D eigenvalue weighted by Crippen LogP contribution is -2.15. The highest BCUT2D eigenvalue weighted by atomic mass is 79.9. The van der Waals surface area contributed by atoms with Crippen molar-refractivity contribution in [3.05, 3.63) is 64.1 Å². The summed E-state index contributed by atoms with van der Waals surface area (Å²) in [5.41, 5.74) is 2.40. The topological polar surface area (TPSA) is 21.3 Å². The van der Waals surface area contributed by atoms with Crippen LogP contribution in [0.2, 0.25) is 0 Å². The molecule has 0 heterocycles. The molecule has 2 aromatic rings. The van der Waals surface area contributed by atoms with Crippen molar-refractivity contribution >= 4 is 28.3 Å². The lowest BCUT2D eigenvalue weighted by atomic mass is 10.1. The molecule has 0 amide bonds. The van der Waals surface area contributed by atoms with Gasteiger partial charge < -0.3 is 10.1 Å². The van der Waals surface area contributed by atoms with Crippen molar-refractivity contribution in [1.29, 1.82) is 0 Å². The second-order valence-electron chi connectivity index (χ2n) is 6.47. The Labute approximate surface area is 173 Å². The molecule has 0 radical (unpaired) electrons. The van der Waals surface area contributed by atoms with Gasteiger partial charge in [0, 0.05) is 16.6 Å². The number of benzene rings is 2. The van der Waals surface area contributed by atoms with Crippen LogP contribution < -0.4 is 10.1 Å². The molecule has 0 aliphatic rings. The second-order valence-corrected chi connectivity index (χ2v) is 7.39. The van der Waals surface area contributed by atoms with Gasteiger partial charge in [0.1, 0.15) is 12.4 Å². The third kappa shape index (κ3) is 9.07. The van der Waals surface area contributed by atoms with E-state index in [0.29, 0.717) is 6.61 Å². The monoisotopic (exact) mass is 439 g/mol. The van der Waals surface area contributed by atoms with Crippen LogP contribution in [0.4, 0.5) is 0 Å². The number of hydrogen-bond donors (Lipinski definition) is 1. The molecule has 0 fully saturated rings. The summed E-state index contributed by atoms with van der Waals surface area (Å²) >= 11 is 3.57. The third-order valence-electron chi connectivity index (χ3n) is 4.28. The maximum absolute atomic E-state index is 6.04. The summed E-state index contributed by atoms with van der Waals surface area (Å²) in [7, 11) is 0. The molecule has 144 valence electrons. The SMILES string of the molecule is CCCCCCCCNCc1cc(Br)ccc1OCc1ccccc1.Cl. The highest BCUT2D eigenvalue weighted by molar-refractivity contribution is 9.10. The Morgan fingerprint density at radius 2 is 1.65 bits per heavy atom. The maximum atomic E-state index is 6.04. The number of rotatable bonds is 12. The molecule has 26 heavy (non-hydrogen) atoms. The zero-order chi connectivity index (χ0) is 17.7. The zero-order valence-corrected chi connectivity index (χ0v) is 18.1. The van der Waals surface area contributed by atoms with Gasteiger partial charge in [-0.15, -0.1) is 12.4 Å². The van der Waals surface area contributed by atoms with Crippen molar-refractivity contribution in [2.24, 2.45) is 0 Å². The summed E-state index contributed by atoms with van der Waals surface area (Å²) in [4.78, 5) is 0. The summed E-state index contributed by atoms with van der Waals surface area (Å²) in [6.45, 7) is 4.78. The number of ether oxygens (including phenoxy) is 1. The van der Waals surface area contributed by atoms with Crippen LogP contribution in [0.3, 0.4) is 0 Å². The van der Waals surface area contributed by atoms with Crippen LogP contribution in [0.15, 0.2) is 53.0 Å². The molecule has 0 atom stereocenters. The average molecular weight is 441 g/mol. The van der Waals surface area contributed by atoms with Gasteiger partial charge in [-0.2, -0.15) is 0 Å². The highest BCUT2D eigenvalue weighted by Crippen LogP contribution is 2.24. The molecule has 0 unspecified atom stereocenters. The molecular weight excluding hydrogens is 410 g/mol. The minimum absolute atomic E-state index is 0. The first-order valence-electron chi connectivity index (χ1n) is 9.45. The molecule has 4 heteroatoms. The smallest absolute Gasteiger partial charge is 0.124 e. The van der Waals surface area contributed by atoms with Gasteiger partial charge in [-0.3, -0.25) is 0 Å². The fourth-order valence-corrected chi connectivity index (χ4v) is 3.22. The third-order valence-corrected chi connectivity index (χ3v) is 4.78. The first kappa shape index (κ1) is 23.0. The van der Waals surface area contributed by atoms with Gasteiger partial charge in [0.15, 0.2) is 0 Å². The van der Waals surface area contributed by atoms with Crippen molar-refractivity contribution < 1.29 is 4.74 Å². The van der Waals surface area contributed by atoms with E-state index >= 15 is 0 Å². The largest absolute Gasteiger partial charge is 0.489 e. The van der Waals surface area contributed by atoms with E-state index in [0.717, 1.165) is 23.3 Å². The van der Waals surface area contributed by atoms with Crippen LogP contribution in [0.1, 0.15) is 56.6 Å². The number of unbranched alkanes of at least 4 members (excludes halogenated alkanes) is 5. The van der Waals surface area contributed by atoms with Gasteiger partial charge in [0.05, 0.1) is 0 Å². The van der Waals surface area contributed by atoms with E-state index in [-0.39, 0.29) is 12.4 Å². The molecule has 0 spiro atoms. The second kappa shape index (κ2) is 14.1. The molecule has 0 aromatic heterocycles. The Morgan fingerprint density at radius 3 is 2.42 bits per heavy atom. The molecule has 2 aromatic carbocycles. The van der Waals surface area contributed by atoms with Gasteiger partial charge in [-0.05, 0) is 36.7 Å². The van der Waals surface area contributed by atoms with E-state index in [1.54, 1.807) is 0 Å². The molecule has 0 aliphatic heterocycles. The first-order valence-corrected chi connectivity index (χ1v) is 10.2. The molecule has 0 saturated heterocycles.